The van der Waals surface area contributed by atoms with Crippen molar-refractivity contribution in [3.63, 3.8) is 0 Å². The fourth-order valence-corrected chi connectivity index (χ4v) is 16.6. The van der Waals surface area contributed by atoms with Gasteiger partial charge in [-0.3, -0.25) is 47.2 Å². The summed E-state index contributed by atoms with van der Waals surface area (Å²) in [4.78, 5) is 148. The number of nitrogens with one attached hydrogen (secondary N) is 3. The van der Waals surface area contributed by atoms with E-state index in [2.05, 4.69) is 38.6 Å². The Kier molecular flexibility index (Phi) is 30.5. The van der Waals surface area contributed by atoms with E-state index in [4.69, 9.17) is 33.8 Å². The van der Waals surface area contributed by atoms with Crippen LogP contribution >= 0.6 is 52.9 Å². The van der Waals surface area contributed by atoms with Gasteiger partial charge >= 0.3 is 48.8 Å². The zero-order valence-corrected chi connectivity index (χ0v) is 54.6. The number of nitrogens with zero attached hydrogens (tertiary/aromatic N) is 4. The van der Waals surface area contributed by atoms with Crippen LogP contribution in [0.4, 0.5) is 10.6 Å². The van der Waals surface area contributed by atoms with Gasteiger partial charge in [0.15, 0.2) is 5.37 Å². The molecule has 0 bridgehead atoms. The molecule has 11 N–H and O–H groups in total. The van der Waals surface area contributed by atoms with Crippen molar-refractivity contribution in [2.24, 2.45) is 17.8 Å². The van der Waals surface area contributed by atoms with Crippen LogP contribution in [0.25, 0.3) is 0 Å². The van der Waals surface area contributed by atoms with Crippen molar-refractivity contribution in [3.8, 4) is 0 Å². The molecular weight excluding hydrogens is 1310 g/mol. The van der Waals surface area contributed by atoms with Crippen LogP contribution in [0.15, 0.2) is 38.9 Å². The Morgan fingerprint density at radius 3 is 1.83 bits per heavy atom. The van der Waals surface area contributed by atoms with Crippen LogP contribution in [-0.4, -0.2) is 144 Å². The molecule has 9 unspecified atom stereocenters. The first kappa shape index (κ1) is 75.5. The quantitative estimate of drug-likeness (QED) is 0.0195. The van der Waals surface area contributed by atoms with Crippen LogP contribution < -0.4 is 32.9 Å². The zero-order chi connectivity index (χ0) is 65.7. The van der Waals surface area contributed by atoms with E-state index in [0.29, 0.717) is 32.1 Å². The number of amides is 3. The van der Waals surface area contributed by atoms with E-state index in [1.165, 1.54) is 50.8 Å². The normalized spacial score (nSPS) is 23.8. The lowest BCUT2D eigenvalue weighted by Gasteiger charge is -2.32. The standard InChI is InChI=1S/C39H61N7O26P4S2.C12H22/c47-25(11-7-15-44-31(50)13-17-46(39(44)55)33-21-27(49)28(70-33)22-67-73(56,57)58)10-5-2-6-14-40-35(52)36(43-34(51)24-8-3-1-4-9-24)78-77-19-18-66-38(54)42-30-12-16-45(37(53)41-30)32-20-26(48)29(69-32)23-68-75(62,63)72-76(64,65)71-74(59,60)61;1-3-7-11(8-4-1)12-9-5-2-6-10-12/h12-13,16-17,24,26-29,32-33,36,48-49H,1-11,14-15,18-23H2,(H,40,52)(H,43,51)(H,62,63)(H,64,65)(H2,56,57,58)(H2,59,60,61)(H,41,42,53,54);11-12H,1-10H2. The summed E-state index contributed by atoms with van der Waals surface area (Å²) in [5, 5.41) is 27.5. The number of phosphoric acid groups is 4. The zero-order valence-electron chi connectivity index (χ0n) is 49.4. The first-order valence-electron chi connectivity index (χ1n) is 29.9. The van der Waals surface area contributed by atoms with Crippen molar-refractivity contribution < 1.29 is 109 Å². The SMILES string of the molecule is C1CCC(C2CCCCC2)CC1.O=C(CCCCCNC(=O)C(NC(=O)C1CCCCC1)SSCCOC(=O)Nc1ccn(C2CC(O)C(COP(=O)(O)OP(=O)(O)OP(=O)(O)O)O2)c(=O)n1)CCCn1c(=O)ccn(C2CC(O)C(COP(=O)(O)O)O2)c1=O. The van der Waals surface area contributed by atoms with Gasteiger partial charge in [0.2, 0.25) is 5.91 Å². The summed E-state index contributed by atoms with van der Waals surface area (Å²) in [6.45, 7) is -1.65. The molecule has 0 aromatic carbocycles. The smallest absolute Gasteiger partial charge is 0.448 e. The number of aliphatic hydroxyl groups excluding tert-OH is 2. The number of aromatic nitrogens is 4. The van der Waals surface area contributed by atoms with Crippen molar-refractivity contribution in [3.05, 3.63) is 55.8 Å². The minimum absolute atomic E-state index is 0.0691. The molecule has 3 aliphatic carbocycles. The molecule has 3 saturated carbocycles. The average molecular weight is 1400 g/mol. The highest BCUT2D eigenvalue weighted by Gasteiger charge is 2.43. The van der Waals surface area contributed by atoms with Crippen molar-refractivity contribution in [2.75, 3.05) is 37.4 Å². The number of Topliss-reactive ketones (excluding diaryl/α,β-unsaturated/α-hetero) is 1. The molecule has 2 saturated heterocycles. The highest BCUT2D eigenvalue weighted by atomic mass is 33.1. The van der Waals surface area contributed by atoms with E-state index in [-0.39, 0.29) is 81.0 Å². The lowest BCUT2D eigenvalue weighted by molar-refractivity contribution is -0.129. The summed E-state index contributed by atoms with van der Waals surface area (Å²) in [5.74, 6) is 1.08. The molecule has 33 nitrogen and oxygen atoms in total. The summed E-state index contributed by atoms with van der Waals surface area (Å²) in [5.41, 5.74) is -2.37. The molecule has 90 heavy (non-hydrogen) atoms. The molecule has 39 heteroatoms. The number of carbonyl (C=O) groups is 4. The second-order valence-corrected chi connectivity index (χ2v) is 30.7. The first-order chi connectivity index (χ1) is 42.5. The number of unbranched alkanes of at least 4 members (excludes halogenated alkanes) is 2. The highest BCUT2D eigenvalue weighted by Crippen LogP contribution is 2.66. The Balaban J connectivity index is 0.000000950. The monoisotopic (exact) mass is 1400 g/mol. The fraction of sp³-hybridized carbons (Fsp3) is 0.765. The second kappa shape index (κ2) is 36.4. The molecule has 2 aromatic heterocycles. The van der Waals surface area contributed by atoms with Gasteiger partial charge in [-0.15, -0.1) is 0 Å². The van der Waals surface area contributed by atoms with E-state index < -0.39 is 116 Å². The maximum Gasteiger partial charge on any atom is 0.490 e. The molecule has 0 radical (unpaired) electrons. The molecule has 3 amide bonds. The second-order valence-electron chi connectivity index (χ2n) is 22.5. The van der Waals surface area contributed by atoms with Gasteiger partial charge in [0.25, 0.3) is 11.5 Å². The lowest BCUT2D eigenvalue weighted by atomic mass is 9.73. The molecule has 5 fully saturated rings. The molecule has 510 valence electrons. The number of carbonyl (C=O) groups excluding carboxylic acids is 4. The third kappa shape index (κ3) is 26.4. The lowest BCUT2D eigenvalue weighted by Crippen LogP contribution is -2.46. The maximum atomic E-state index is 13.3. The maximum absolute atomic E-state index is 13.3. The number of anilines is 1. The molecule has 7 rings (SSSR count). The summed E-state index contributed by atoms with van der Waals surface area (Å²) < 4.78 is 80.7. The summed E-state index contributed by atoms with van der Waals surface area (Å²) in [7, 11) is -19.6. The third-order valence-corrected chi connectivity index (χ3v) is 22.5. The van der Waals surface area contributed by atoms with Crippen molar-refractivity contribution >= 4 is 82.4 Å². The highest BCUT2D eigenvalue weighted by molar-refractivity contribution is 8.77. The summed E-state index contributed by atoms with van der Waals surface area (Å²) in [6.07, 6.45) is 14.9. The van der Waals surface area contributed by atoms with Crippen LogP contribution in [0.1, 0.15) is 160 Å². The van der Waals surface area contributed by atoms with Gasteiger partial charge in [-0.05, 0) is 50.0 Å². The minimum atomic E-state index is -5.80. The summed E-state index contributed by atoms with van der Waals surface area (Å²) >= 11 is 0. The molecule has 5 aliphatic rings. The third-order valence-electron chi connectivity index (χ3n) is 15.7. The van der Waals surface area contributed by atoms with Crippen LogP contribution in [-0.2, 0) is 71.1 Å². The van der Waals surface area contributed by atoms with Gasteiger partial charge in [-0.2, -0.15) is 13.6 Å². The number of rotatable bonds is 32. The Labute approximate surface area is 525 Å². The Bertz CT molecular complexity index is 3040. The number of hydrogen-bond acceptors (Lipinski definition) is 23. The van der Waals surface area contributed by atoms with E-state index in [9.17, 15) is 71.8 Å². The van der Waals surface area contributed by atoms with Gasteiger partial charge < -0.3 is 64.4 Å². The van der Waals surface area contributed by atoms with Gasteiger partial charge in [-0.25, -0.2) is 32.6 Å². The number of hydrogen-bond donors (Lipinski definition) is 11. The molecule has 0 spiro atoms. The van der Waals surface area contributed by atoms with E-state index in [1.807, 2.05) is 0 Å². The number of ketones is 1. The van der Waals surface area contributed by atoms with Crippen LogP contribution in [0, 0.1) is 17.8 Å². The van der Waals surface area contributed by atoms with Crippen LogP contribution in [0.5, 0.6) is 0 Å². The van der Waals surface area contributed by atoms with E-state index in [1.54, 1.807) is 25.7 Å². The predicted octanol–water partition coefficient (Wildman–Crippen LogP) is 5.14. The van der Waals surface area contributed by atoms with Gasteiger partial charge in [0.05, 0.1) is 25.4 Å². The Hall–Kier alpha value is -3.50. The van der Waals surface area contributed by atoms with E-state index in [0.717, 1.165) is 78.7 Å². The average Bonchev–Trinajstić information content (AvgIpc) is 1.65. The van der Waals surface area contributed by atoms with Gasteiger partial charge in [0, 0.05) is 68.9 Å². The first-order valence-corrected chi connectivity index (χ1v) is 38.4. The largest absolute Gasteiger partial charge is 0.490 e. The molecule has 2 aliphatic heterocycles. The van der Waals surface area contributed by atoms with Crippen LogP contribution in [0.2, 0.25) is 0 Å². The van der Waals surface area contributed by atoms with Crippen molar-refractivity contribution in [2.45, 2.75) is 196 Å². The van der Waals surface area contributed by atoms with Crippen molar-refractivity contribution in [1.82, 2.24) is 29.3 Å². The Morgan fingerprint density at radius 1 is 0.678 bits per heavy atom. The number of ether oxygens (including phenoxy) is 3. The molecule has 4 heterocycles. The predicted molar refractivity (Wildman–Crippen MR) is 323 cm³/mol. The minimum Gasteiger partial charge on any atom is -0.448 e. The molecule has 2 aromatic rings. The van der Waals surface area contributed by atoms with E-state index >= 15 is 0 Å². The summed E-state index contributed by atoms with van der Waals surface area (Å²) in [6, 6.07) is 2.31. The Morgan fingerprint density at radius 2 is 1.24 bits per heavy atom. The van der Waals surface area contributed by atoms with Gasteiger partial charge in [0.1, 0.15) is 42.9 Å². The van der Waals surface area contributed by atoms with Crippen molar-refractivity contribution in [1.29, 1.82) is 0 Å². The van der Waals surface area contributed by atoms with Crippen LogP contribution in [0.3, 0.4) is 0 Å². The number of phosphoric ester groups is 2. The number of aliphatic hydroxyl groups is 2. The molecular formula is C51H83N7O26P4S2. The molecule has 9 atom stereocenters. The fourth-order valence-electron chi connectivity index (χ4n) is 11.2. The topological polar surface area (TPSA) is 478 Å². The van der Waals surface area contributed by atoms with Gasteiger partial charge in [-0.1, -0.05) is 111 Å².